The molecule has 1 aliphatic carbocycles. The van der Waals surface area contributed by atoms with Gasteiger partial charge in [-0.2, -0.15) is 10.2 Å². The quantitative estimate of drug-likeness (QED) is 0.901. The van der Waals surface area contributed by atoms with Crippen molar-refractivity contribution in [2.24, 2.45) is 0 Å². The summed E-state index contributed by atoms with van der Waals surface area (Å²) in [6.07, 6.45) is 10.5. The molecule has 1 aliphatic rings. The molecule has 0 aromatic carbocycles. The van der Waals surface area contributed by atoms with Gasteiger partial charge in [-0.05, 0) is 25.0 Å². The Bertz CT molecular complexity index is 507. The third kappa shape index (κ3) is 2.39. The van der Waals surface area contributed by atoms with E-state index in [1.807, 2.05) is 10.9 Å². The van der Waals surface area contributed by atoms with Crippen LogP contribution < -0.4 is 5.73 Å². The van der Waals surface area contributed by atoms with Gasteiger partial charge in [0.05, 0.1) is 18.3 Å². The van der Waals surface area contributed by atoms with E-state index in [0.29, 0.717) is 18.4 Å². The molecular formula is C13H19N5. The molecule has 2 aromatic heterocycles. The van der Waals surface area contributed by atoms with Gasteiger partial charge in [0, 0.05) is 12.4 Å². The monoisotopic (exact) mass is 245 g/mol. The number of rotatable bonds is 3. The molecule has 96 valence electrons. The highest BCUT2D eigenvalue weighted by molar-refractivity contribution is 5.24. The van der Waals surface area contributed by atoms with Gasteiger partial charge >= 0.3 is 0 Å². The van der Waals surface area contributed by atoms with Crippen LogP contribution in [0.3, 0.4) is 0 Å². The molecule has 1 fully saturated rings. The number of nitrogens with zero attached hydrogens (tertiary/aromatic N) is 4. The van der Waals surface area contributed by atoms with Crippen LogP contribution in [0.2, 0.25) is 0 Å². The molecule has 2 aromatic rings. The predicted octanol–water partition coefficient (Wildman–Crippen LogP) is 2.22. The van der Waals surface area contributed by atoms with Crippen LogP contribution >= 0.6 is 0 Å². The summed E-state index contributed by atoms with van der Waals surface area (Å²) in [4.78, 5) is 0. The summed E-state index contributed by atoms with van der Waals surface area (Å²) in [6, 6.07) is 4.47. The molecule has 5 nitrogen and oxygen atoms in total. The Kier molecular flexibility index (Phi) is 3.04. The fraction of sp³-hybridized carbons (Fsp3) is 0.538. The van der Waals surface area contributed by atoms with E-state index in [9.17, 15) is 0 Å². The maximum absolute atomic E-state index is 5.60. The molecule has 0 atom stereocenters. The van der Waals surface area contributed by atoms with Crippen molar-refractivity contribution in [3.63, 3.8) is 0 Å². The van der Waals surface area contributed by atoms with Crippen LogP contribution in [0.5, 0.6) is 0 Å². The molecule has 0 radical (unpaired) electrons. The predicted molar refractivity (Wildman–Crippen MR) is 70.1 cm³/mol. The Morgan fingerprint density at radius 3 is 2.67 bits per heavy atom. The summed E-state index contributed by atoms with van der Waals surface area (Å²) in [5, 5.41) is 8.83. The van der Waals surface area contributed by atoms with Crippen molar-refractivity contribution in [1.29, 1.82) is 0 Å². The molecule has 3 rings (SSSR count). The molecule has 1 saturated carbocycles. The van der Waals surface area contributed by atoms with E-state index in [4.69, 9.17) is 5.73 Å². The standard InChI is InChI=1S/C13H19N5/c14-13-7-8-17(16-13)10-11-6-9-18(15-11)12-4-2-1-3-5-12/h6-9,12H,1-5,10H2,(H2,14,16). The summed E-state index contributed by atoms with van der Waals surface area (Å²) in [6.45, 7) is 0.691. The van der Waals surface area contributed by atoms with Crippen molar-refractivity contribution in [3.05, 3.63) is 30.2 Å². The first-order chi connectivity index (χ1) is 8.81. The Hall–Kier alpha value is -1.78. The highest BCUT2D eigenvalue weighted by Crippen LogP contribution is 2.27. The normalized spacial score (nSPS) is 17.1. The van der Waals surface area contributed by atoms with Crippen LogP contribution in [0.1, 0.15) is 43.8 Å². The van der Waals surface area contributed by atoms with Gasteiger partial charge in [-0.25, -0.2) is 0 Å². The lowest BCUT2D eigenvalue weighted by Gasteiger charge is -2.21. The van der Waals surface area contributed by atoms with Crippen molar-refractivity contribution < 1.29 is 0 Å². The lowest BCUT2D eigenvalue weighted by Crippen LogP contribution is -2.13. The fourth-order valence-corrected chi connectivity index (χ4v) is 2.64. The van der Waals surface area contributed by atoms with Gasteiger partial charge in [-0.15, -0.1) is 0 Å². The smallest absolute Gasteiger partial charge is 0.145 e. The van der Waals surface area contributed by atoms with Gasteiger partial charge in [0.15, 0.2) is 0 Å². The second-order valence-corrected chi connectivity index (χ2v) is 5.02. The third-order valence-electron chi connectivity index (χ3n) is 3.60. The van der Waals surface area contributed by atoms with Crippen LogP contribution in [0, 0.1) is 0 Å². The van der Waals surface area contributed by atoms with E-state index in [2.05, 4.69) is 27.1 Å². The fourth-order valence-electron chi connectivity index (χ4n) is 2.64. The van der Waals surface area contributed by atoms with E-state index in [0.717, 1.165) is 5.69 Å². The number of nitrogens with two attached hydrogens (primary N) is 1. The molecule has 5 heteroatoms. The van der Waals surface area contributed by atoms with Gasteiger partial charge < -0.3 is 5.73 Å². The van der Waals surface area contributed by atoms with Crippen molar-refractivity contribution in [2.75, 3.05) is 5.73 Å². The number of aromatic nitrogens is 4. The molecule has 0 bridgehead atoms. The second-order valence-electron chi connectivity index (χ2n) is 5.02. The topological polar surface area (TPSA) is 61.7 Å². The lowest BCUT2D eigenvalue weighted by molar-refractivity contribution is 0.327. The number of nitrogen functional groups attached to an aromatic ring is 1. The second kappa shape index (κ2) is 4.84. The van der Waals surface area contributed by atoms with Crippen molar-refractivity contribution in [3.8, 4) is 0 Å². The first kappa shape index (κ1) is 11.3. The van der Waals surface area contributed by atoms with Crippen LogP contribution in [-0.4, -0.2) is 19.6 Å². The molecule has 0 unspecified atom stereocenters. The Morgan fingerprint density at radius 2 is 1.94 bits per heavy atom. The SMILES string of the molecule is Nc1ccn(Cc2ccn(C3CCCCC3)n2)n1. The molecule has 0 aliphatic heterocycles. The molecule has 0 spiro atoms. The zero-order valence-electron chi connectivity index (χ0n) is 10.5. The van der Waals surface area contributed by atoms with Gasteiger partial charge in [0.1, 0.15) is 5.82 Å². The molecule has 18 heavy (non-hydrogen) atoms. The number of hydrogen-bond donors (Lipinski definition) is 1. The third-order valence-corrected chi connectivity index (χ3v) is 3.60. The van der Waals surface area contributed by atoms with E-state index in [1.165, 1.54) is 32.1 Å². The minimum Gasteiger partial charge on any atom is -0.382 e. The average molecular weight is 245 g/mol. The van der Waals surface area contributed by atoms with E-state index >= 15 is 0 Å². The Balaban J connectivity index is 1.69. The summed E-state index contributed by atoms with van der Waals surface area (Å²) < 4.78 is 3.95. The first-order valence-corrected chi connectivity index (χ1v) is 6.64. The molecular weight excluding hydrogens is 226 g/mol. The van der Waals surface area contributed by atoms with Crippen molar-refractivity contribution >= 4 is 5.82 Å². The zero-order valence-corrected chi connectivity index (χ0v) is 10.5. The minimum atomic E-state index is 0.557. The lowest BCUT2D eigenvalue weighted by atomic mass is 9.96. The molecule has 0 amide bonds. The van der Waals surface area contributed by atoms with Gasteiger partial charge in [-0.1, -0.05) is 19.3 Å². The highest BCUT2D eigenvalue weighted by Gasteiger charge is 2.15. The van der Waals surface area contributed by atoms with Crippen LogP contribution in [-0.2, 0) is 6.54 Å². The van der Waals surface area contributed by atoms with Crippen molar-refractivity contribution in [2.45, 2.75) is 44.7 Å². The largest absolute Gasteiger partial charge is 0.382 e. The number of anilines is 1. The van der Waals surface area contributed by atoms with Gasteiger partial charge in [0.2, 0.25) is 0 Å². The summed E-state index contributed by atoms with van der Waals surface area (Å²) in [5.41, 5.74) is 6.64. The first-order valence-electron chi connectivity index (χ1n) is 6.64. The Morgan fingerprint density at radius 1 is 1.11 bits per heavy atom. The summed E-state index contributed by atoms with van der Waals surface area (Å²) in [7, 11) is 0. The molecule has 0 saturated heterocycles. The summed E-state index contributed by atoms with van der Waals surface area (Å²) >= 11 is 0. The average Bonchev–Trinajstić information content (AvgIpc) is 3.01. The maximum Gasteiger partial charge on any atom is 0.145 e. The van der Waals surface area contributed by atoms with Gasteiger partial charge in [-0.3, -0.25) is 9.36 Å². The highest BCUT2D eigenvalue weighted by atomic mass is 15.3. The maximum atomic E-state index is 5.60. The zero-order chi connectivity index (χ0) is 12.4. The molecule has 2 N–H and O–H groups in total. The van der Waals surface area contributed by atoms with E-state index < -0.39 is 0 Å². The van der Waals surface area contributed by atoms with E-state index in [1.54, 1.807) is 6.07 Å². The minimum absolute atomic E-state index is 0.557. The van der Waals surface area contributed by atoms with Gasteiger partial charge in [0.25, 0.3) is 0 Å². The van der Waals surface area contributed by atoms with Crippen LogP contribution in [0.15, 0.2) is 24.5 Å². The van der Waals surface area contributed by atoms with E-state index in [-0.39, 0.29) is 0 Å². The van der Waals surface area contributed by atoms with Crippen LogP contribution in [0.25, 0.3) is 0 Å². The number of hydrogen-bond acceptors (Lipinski definition) is 3. The Labute approximate surface area is 107 Å². The summed E-state index contributed by atoms with van der Waals surface area (Å²) in [5.74, 6) is 0.557. The van der Waals surface area contributed by atoms with Crippen molar-refractivity contribution in [1.82, 2.24) is 19.6 Å². The van der Waals surface area contributed by atoms with Crippen LogP contribution in [0.4, 0.5) is 5.82 Å². The molecule has 2 heterocycles.